The van der Waals surface area contributed by atoms with Gasteiger partial charge in [0.05, 0.1) is 11.6 Å². The molecule has 1 heterocycles. The zero-order chi connectivity index (χ0) is 22.0. The molecule has 164 valence electrons. The van der Waals surface area contributed by atoms with Gasteiger partial charge < -0.3 is 25.8 Å². The first-order valence-corrected chi connectivity index (χ1v) is 10.4. The Kier molecular flexibility index (Phi) is 5.82. The number of hydrogen-bond acceptors (Lipinski definition) is 4. The van der Waals surface area contributed by atoms with Gasteiger partial charge >= 0.3 is 12.1 Å². The quantitative estimate of drug-likeness (QED) is 0.698. The van der Waals surface area contributed by atoms with Crippen LogP contribution in [-0.4, -0.2) is 46.9 Å². The molecule has 1 aliphatic carbocycles. The number of rotatable bonds is 4. The largest absolute Gasteiger partial charge is 0.446 e. The van der Waals surface area contributed by atoms with Crippen molar-refractivity contribution in [2.24, 2.45) is 5.73 Å². The molecular weight excluding hydrogens is 401 g/mol. The summed E-state index contributed by atoms with van der Waals surface area (Å²) in [7, 11) is 0. The summed E-state index contributed by atoms with van der Waals surface area (Å²) in [5.74, 6) is -0.333. The third-order valence-electron chi connectivity index (χ3n) is 6.12. The first-order valence-electron chi connectivity index (χ1n) is 10.4. The van der Waals surface area contributed by atoms with E-state index < -0.39 is 17.8 Å². The molecule has 0 saturated heterocycles. The predicted molar refractivity (Wildman–Crippen MR) is 112 cm³/mol. The van der Waals surface area contributed by atoms with Crippen molar-refractivity contribution in [1.82, 2.24) is 10.2 Å². The number of urea groups is 1. The van der Waals surface area contributed by atoms with Crippen LogP contribution in [0.2, 0.25) is 0 Å². The van der Waals surface area contributed by atoms with Gasteiger partial charge in [0.1, 0.15) is 11.9 Å². The number of hydrogen-bond donors (Lipinski definition) is 3. The van der Waals surface area contributed by atoms with Crippen LogP contribution < -0.4 is 11.1 Å². The second kappa shape index (κ2) is 8.55. The molecule has 2 aliphatic rings. The molecule has 31 heavy (non-hydrogen) atoms. The van der Waals surface area contributed by atoms with Crippen LogP contribution in [0.5, 0.6) is 0 Å². The number of benzene rings is 2. The van der Waals surface area contributed by atoms with Gasteiger partial charge in [-0.25, -0.2) is 14.0 Å². The van der Waals surface area contributed by atoms with Crippen molar-refractivity contribution >= 4 is 12.1 Å². The zero-order valence-corrected chi connectivity index (χ0v) is 17.1. The van der Waals surface area contributed by atoms with E-state index in [1.54, 1.807) is 17.0 Å². The van der Waals surface area contributed by atoms with Gasteiger partial charge in [-0.1, -0.05) is 36.4 Å². The maximum absolute atomic E-state index is 13.5. The standard InChI is InChI=1S/C23H26FN3O4/c24-17-7-5-16(6-8-17)20-19-4-2-1-3-15(19)10-12-27(20)22(29)26-14-23(30)11-9-18(13-23)31-21(25)28/h1-8,18,20,30H,9-14H2,(H2,25,28)(H,26,29)/t18?,20-,23?/m0/s1. The highest BCUT2D eigenvalue weighted by Gasteiger charge is 2.40. The molecule has 1 fully saturated rings. The van der Waals surface area contributed by atoms with Crippen LogP contribution in [-0.2, 0) is 11.2 Å². The molecule has 0 radical (unpaired) electrons. The molecule has 3 amide bonds. The molecule has 2 aromatic carbocycles. The molecule has 0 spiro atoms. The SMILES string of the molecule is NC(=O)OC1CCC(O)(CNC(=O)N2CCc3ccccc3[C@@H]2c2ccc(F)cc2)C1. The second-order valence-corrected chi connectivity index (χ2v) is 8.28. The average Bonchev–Trinajstić information content (AvgIpc) is 3.12. The van der Waals surface area contributed by atoms with Gasteiger partial charge in [0, 0.05) is 19.5 Å². The van der Waals surface area contributed by atoms with Gasteiger partial charge in [-0.3, -0.25) is 0 Å². The predicted octanol–water partition coefficient (Wildman–Crippen LogP) is 2.86. The van der Waals surface area contributed by atoms with E-state index >= 15 is 0 Å². The summed E-state index contributed by atoms with van der Waals surface area (Å²) >= 11 is 0. The van der Waals surface area contributed by atoms with E-state index in [-0.39, 0.29) is 30.9 Å². The number of carbonyl (C=O) groups is 2. The van der Waals surface area contributed by atoms with Crippen LogP contribution in [0.4, 0.5) is 14.0 Å². The Bertz CT molecular complexity index is 968. The maximum Gasteiger partial charge on any atom is 0.404 e. The van der Waals surface area contributed by atoms with Crippen LogP contribution in [0.25, 0.3) is 0 Å². The van der Waals surface area contributed by atoms with E-state index in [4.69, 9.17) is 10.5 Å². The van der Waals surface area contributed by atoms with Crippen LogP contribution in [0.1, 0.15) is 42.0 Å². The first-order chi connectivity index (χ1) is 14.8. The van der Waals surface area contributed by atoms with Crippen molar-refractivity contribution in [1.29, 1.82) is 0 Å². The molecule has 8 heteroatoms. The van der Waals surface area contributed by atoms with Crippen LogP contribution in [0.3, 0.4) is 0 Å². The lowest BCUT2D eigenvalue weighted by Gasteiger charge is -2.38. The number of nitrogens with one attached hydrogen (secondary N) is 1. The highest BCUT2D eigenvalue weighted by molar-refractivity contribution is 5.76. The van der Waals surface area contributed by atoms with Gasteiger partial charge in [0.25, 0.3) is 0 Å². The van der Waals surface area contributed by atoms with E-state index in [0.717, 1.165) is 16.7 Å². The highest BCUT2D eigenvalue weighted by Crippen LogP contribution is 2.36. The number of nitrogens with two attached hydrogens (primary N) is 1. The Morgan fingerprint density at radius 1 is 1.23 bits per heavy atom. The van der Waals surface area contributed by atoms with E-state index in [1.807, 2.05) is 24.3 Å². The van der Waals surface area contributed by atoms with Crippen molar-refractivity contribution < 1.29 is 23.8 Å². The molecule has 2 aromatic rings. The monoisotopic (exact) mass is 427 g/mol. The fraction of sp³-hybridized carbons (Fsp3) is 0.391. The second-order valence-electron chi connectivity index (χ2n) is 8.28. The average molecular weight is 427 g/mol. The van der Waals surface area contributed by atoms with Gasteiger partial charge in [-0.15, -0.1) is 0 Å². The van der Waals surface area contributed by atoms with Crippen molar-refractivity contribution in [2.75, 3.05) is 13.1 Å². The van der Waals surface area contributed by atoms with Gasteiger partial charge in [-0.2, -0.15) is 0 Å². The number of nitrogens with zero attached hydrogens (tertiary/aromatic N) is 1. The molecule has 2 unspecified atom stereocenters. The highest BCUT2D eigenvalue weighted by atomic mass is 19.1. The summed E-state index contributed by atoms with van der Waals surface area (Å²) < 4.78 is 18.5. The maximum atomic E-state index is 13.5. The third-order valence-corrected chi connectivity index (χ3v) is 6.12. The van der Waals surface area contributed by atoms with E-state index in [2.05, 4.69) is 5.32 Å². The molecule has 7 nitrogen and oxygen atoms in total. The summed E-state index contributed by atoms with van der Waals surface area (Å²) in [4.78, 5) is 25.8. The van der Waals surface area contributed by atoms with Crippen molar-refractivity contribution in [2.45, 2.75) is 43.4 Å². The van der Waals surface area contributed by atoms with Crippen molar-refractivity contribution in [3.05, 3.63) is 71.0 Å². The van der Waals surface area contributed by atoms with Gasteiger partial charge in [0.2, 0.25) is 0 Å². The molecule has 3 atom stereocenters. The number of fused-ring (bicyclic) bond motifs is 1. The normalized spacial score (nSPS) is 25.0. The third kappa shape index (κ3) is 4.64. The lowest BCUT2D eigenvalue weighted by atomic mass is 9.88. The molecule has 1 saturated carbocycles. The number of aliphatic hydroxyl groups is 1. The molecule has 0 bridgehead atoms. The number of ether oxygens (including phenoxy) is 1. The molecule has 1 aliphatic heterocycles. The van der Waals surface area contributed by atoms with Crippen LogP contribution >= 0.6 is 0 Å². The summed E-state index contributed by atoms with van der Waals surface area (Å²) in [5, 5.41) is 13.6. The number of carbonyl (C=O) groups excluding carboxylic acids is 2. The zero-order valence-electron chi connectivity index (χ0n) is 17.1. The fourth-order valence-electron chi connectivity index (χ4n) is 4.61. The molecule has 4 N–H and O–H groups in total. The van der Waals surface area contributed by atoms with E-state index in [9.17, 15) is 19.1 Å². The lowest BCUT2D eigenvalue weighted by Crippen LogP contribution is -2.50. The van der Waals surface area contributed by atoms with Gasteiger partial charge in [0.15, 0.2) is 0 Å². The summed E-state index contributed by atoms with van der Waals surface area (Å²) in [6, 6.07) is 13.4. The number of halogens is 1. The number of primary amides is 1. The van der Waals surface area contributed by atoms with Gasteiger partial charge in [-0.05, 0) is 48.1 Å². The first kappa shape index (κ1) is 21.1. The Labute approximate surface area is 180 Å². The smallest absolute Gasteiger partial charge is 0.404 e. The fourth-order valence-corrected chi connectivity index (χ4v) is 4.61. The summed E-state index contributed by atoms with van der Waals surface area (Å²) in [5.41, 5.74) is 6.88. The van der Waals surface area contributed by atoms with E-state index in [0.29, 0.717) is 25.8 Å². The summed E-state index contributed by atoms with van der Waals surface area (Å²) in [6.07, 6.45) is 0.501. The molecule has 0 aromatic heterocycles. The Balaban J connectivity index is 1.50. The Morgan fingerprint density at radius 3 is 2.71 bits per heavy atom. The molecule has 4 rings (SSSR count). The Morgan fingerprint density at radius 2 is 1.97 bits per heavy atom. The van der Waals surface area contributed by atoms with Crippen molar-refractivity contribution in [3.8, 4) is 0 Å². The van der Waals surface area contributed by atoms with E-state index in [1.165, 1.54) is 12.1 Å². The molecular formula is C23H26FN3O4. The van der Waals surface area contributed by atoms with Crippen LogP contribution in [0.15, 0.2) is 48.5 Å². The number of amides is 3. The minimum absolute atomic E-state index is 0.0404. The minimum Gasteiger partial charge on any atom is -0.446 e. The lowest BCUT2D eigenvalue weighted by molar-refractivity contribution is 0.0292. The minimum atomic E-state index is -1.16. The van der Waals surface area contributed by atoms with Crippen molar-refractivity contribution in [3.63, 3.8) is 0 Å². The topological polar surface area (TPSA) is 105 Å². The summed E-state index contributed by atoms with van der Waals surface area (Å²) in [6.45, 7) is 0.537. The van der Waals surface area contributed by atoms with Crippen LogP contribution in [0, 0.1) is 5.82 Å². The Hall–Kier alpha value is -3.13.